The number of carbonyl (C=O) groups is 1. The number of nitrogens with one attached hydrogen (secondary N) is 2. The van der Waals surface area contributed by atoms with Crippen molar-refractivity contribution >= 4 is 11.6 Å². The van der Waals surface area contributed by atoms with Crippen molar-refractivity contribution in [2.24, 2.45) is 0 Å². The maximum absolute atomic E-state index is 11.9. The molecule has 2 heterocycles. The monoisotopic (exact) mass is 273 g/mol. The van der Waals surface area contributed by atoms with Crippen LogP contribution >= 0.6 is 0 Å². The SMILES string of the molecule is O=C(NCCCN1CCc2ccccc21)[C@@H]1CCCN1. The minimum atomic E-state index is 0.0440. The zero-order valence-electron chi connectivity index (χ0n) is 11.9. The number of fused-ring (bicyclic) bond motifs is 1. The predicted molar refractivity (Wildman–Crippen MR) is 81.0 cm³/mol. The van der Waals surface area contributed by atoms with E-state index in [4.69, 9.17) is 0 Å². The van der Waals surface area contributed by atoms with Crippen LogP contribution in [0.3, 0.4) is 0 Å². The summed E-state index contributed by atoms with van der Waals surface area (Å²) in [6, 6.07) is 8.66. The largest absolute Gasteiger partial charge is 0.371 e. The second-order valence-corrected chi connectivity index (χ2v) is 5.66. The third kappa shape index (κ3) is 2.96. The number of rotatable bonds is 5. The zero-order valence-corrected chi connectivity index (χ0v) is 11.9. The van der Waals surface area contributed by atoms with Crippen molar-refractivity contribution in [2.45, 2.75) is 31.7 Å². The number of benzene rings is 1. The molecule has 20 heavy (non-hydrogen) atoms. The lowest BCUT2D eigenvalue weighted by atomic mass is 10.2. The van der Waals surface area contributed by atoms with Crippen LogP contribution in [-0.2, 0) is 11.2 Å². The second-order valence-electron chi connectivity index (χ2n) is 5.66. The first-order valence-electron chi connectivity index (χ1n) is 7.68. The predicted octanol–water partition coefficient (Wildman–Crippen LogP) is 1.31. The van der Waals surface area contributed by atoms with Crippen molar-refractivity contribution in [1.82, 2.24) is 10.6 Å². The fourth-order valence-electron chi connectivity index (χ4n) is 3.15. The third-order valence-corrected chi connectivity index (χ3v) is 4.26. The lowest BCUT2D eigenvalue weighted by molar-refractivity contribution is -0.122. The summed E-state index contributed by atoms with van der Waals surface area (Å²) in [5.41, 5.74) is 2.82. The Balaban J connectivity index is 1.39. The zero-order chi connectivity index (χ0) is 13.8. The molecule has 1 aromatic carbocycles. The molecule has 2 aliphatic rings. The first kappa shape index (κ1) is 13.4. The topological polar surface area (TPSA) is 44.4 Å². The highest BCUT2D eigenvalue weighted by Gasteiger charge is 2.21. The molecular weight excluding hydrogens is 250 g/mol. The average Bonchev–Trinajstić information content (AvgIpc) is 3.13. The van der Waals surface area contributed by atoms with Crippen molar-refractivity contribution in [2.75, 3.05) is 31.1 Å². The van der Waals surface area contributed by atoms with E-state index in [9.17, 15) is 4.79 Å². The van der Waals surface area contributed by atoms with Gasteiger partial charge in [0.25, 0.3) is 0 Å². The van der Waals surface area contributed by atoms with E-state index >= 15 is 0 Å². The fourth-order valence-corrected chi connectivity index (χ4v) is 3.15. The van der Waals surface area contributed by atoms with Gasteiger partial charge in [-0.2, -0.15) is 0 Å². The smallest absolute Gasteiger partial charge is 0.237 e. The molecule has 2 N–H and O–H groups in total. The molecule has 0 unspecified atom stereocenters. The first-order valence-corrected chi connectivity index (χ1v) is 7.68. The van der Waals surface area contributed by atoms with E-state index in [1.165, 1.54) is 11.3 Å². The summed E-state index contributed by atoms with van der Waals surface area (Å²) in [5.74, 6) is 0.171. The van der Waals surface area contributed by atoms with Gasteiger partial charge in [-0.3, -0.25) is 4.79 Å². The summed E-state index contributed by atoms with van der Waals surface area (Å²) in [4.78, 5) is 14.3. The summed E-state index contributed by atoms with van der Waals surface area (Å²) in [5, 5.41) is 6.27. The summed E-state index contributed by atoms with van der Waals surface area (Å²) in [7, 11) is 0. The Morgan fingerprint density at radius 2 is 2.30 bits per heavy atom. The number of hydrogen-bond acceptors (Lipinski definition) is 3. The molecule has 0 aliphatic carbocycles. The summed E-state index contributed by atoms with van der Waals surface area (Å²) in [6.45, 7) is 3.88. The van der Waals surface area contributed by atoms with Gasteiger partial charge < -0.3 is 15.5 Å². The molecule has 4 heteroatoms. The second kappa shape index (κ2) is 6.27. The van der Waals surface area contributed by atoms with Gasteiger partial charge in [0.2, 0.25) is 5.91 Å². The molecule has 3 rings (SSSR count). The Morgan fingerprint density at radius 1 is 1.40 bits per heavy atom. The Kier molecular flexibility index (Phi) is 4.21. The van der Waals surface area contributed by atoms with Crippen molar-refractivity contribution in [1.29, 1.82) is 0 Å². The minimum Gasteiger partial charge on any atom is -0.371 e. The van der Waals surface area contributed by atoms with Crippen molar-refractivity contribution in [3.8, 4) is 0 Å². The van der Waals surface area contributed by atoms with Crippen LogP contribution in [0.25, 0.3) is 0 Å². The lowest BCUT2D eigenvalue weighted by Gasteiger charge is -2.19. The van der Waals surface area contributed by atoms with Gasteiger partial charge in [0.15, 0.2) is 0 Å². The van der Waals surface area contributed by atoms with Gasteiger partial charge in [-0.15, -0.1) is 0 Å². The van der Waals surface area contributed by atoms with Gasteiger partial charge >= 0.3 is 0 Å². The minimum absolute atomic E-state index is 0.0440. The fraction of sp³-hybridized carbons (Fsp3) is 0.562. The molecule has 1 saturated heterocycles. The Labute approximate surface area is 120 Å². The Bertz CT molecular complexity index is 469. The molecule has 0 spiro atoms. The Morgan fingerprint density at radius 3 is 3.15 bits per heavy atom. The van der Waals surface area contributed by atoms with Crippen LogP contribution < -0.4 is 15.5 Å². The van der Waals surface area contributed by atoms with Gasteiger partial charge in [-0.1, -0.05) is 18.2 Å². The molecule has 1 amide bonds. The van der Waals surface area contributed by atoms with E-state index in [2.05, 4.69) is 39.8 Å². The van der Waals surface area contributed by atoms with Crippen LogP contribution in [0.5, 0.6) is 0 Å². The molecule has 0 bridgehead atoms. The number of para-hydroxylation sites is 1. The number of anilines is 1. The van der Waals surface area contributed by atoms with E-state index in [0.29, 0.717) is 0 Å². The highest BCUT2D eigenvalue weighted by molar-refractivity contribution is 5.81. The van der Waals surface area contributed by atoms with Gasteiger partial charge in [0, 0.05) is 25.3 Å². The van der Waals surface area contributed by atoms with Crippen molar-refractivity contribution in [3.05, 3.63) is 29.8 Å². The van der Waals surface area contributed by atoms with Crippen LogP contribution in [0.4, 0.5) is 5.69 Å². The molecule has 2 aliphatic heterocycles. The molecule has 1 fully saturated rings. The highest BCUT2D eigenvalue weighted by Crippen LogP contribution is 2.27. The summed E-state index contributed by atoms with van der Waals surface area (Å²) in [6.07, 6.45) is 4.25. The average molecular weight is 273 g/mol. The Hall–Kier alpha value is -1.55. The van der Waals surface area contributed by atoms with Crippen LogP contribution in [-0.4, -0.2) is 38.1 Å². The van der Waals surface area contributed by atoms with E-state index in [-0.39, 0.29) is 11.9 Å². The maximum atomic E-state index is 11.9. The quantitative estimate of drug-likeness (QED) is 0.795. The normalized spacial score (nSPS) is 21.0. The molecule has 0 radical (unpaired) electrons. The molecule has 0 aromatic heterocycles. The van der Waals surface area contributed by atoms with Gasteiger partial charge in [-0.25, -0.2) is 0 Å². The van der Waals surface area contributed by atoms with Crippen LogP contribution in [0.15, 0.2) is 24.3 Å². The number of hydrogen-bond donors (Lipinski definition) is 2. The summed E-state index contributed by atoms with van der Waals surface area (Å²) >= 11 is 0. The van der Waals surface area contributed by atoms with Crippen LogP contribution in [0, 0.1) is 0 Å². The van der Waals surface area contributed by atoms with Gasteiger partial charge in [-0.05, 0) is 43.9 Å². The third-order valence-electron chi connectivity index (χ3n) is 4.26. The van der Waals surface area contributed by atoms with Crippen molar-refractivity contribution in [3.63, 3.8) is 0 Å². The van der Waals surface area contributed by atoms with E-state index < -0.39 is 0 Å². The van der Waals surface area contributed by atoms with Gasteiger partial charge in [0.1, 0.15) is 0 Å². The number of nitrogens with zero attached hydrogens (tertiary/aromatic N) is 1. The van der Waals surface area contributed by atoms with Gasteiger partial charge in [0.05, 0.1) is 6.04 Å². The molecule has 4 nitrogen and oxygen atoms in total. The molecule has 1 atom stereocenters. The van der Waals surface area contributed by atoms with Crippen LogP contribution in [0.1, 0.15) is 24.8 Å². The van der Waals surface area contributed by atoms with E-state index in [0.717, 1.165) is 51.9 Å². The first-order chi connectivity index (χ1) is 9.84. The number of amides is 1. The lowest BCUT2D eigenvalue weighted by Crippen LogP contribution is -2.41. The standard InChI is InChI=1S/C16H23N3O/c20-16(14-6-3-9-17-14)18-10-4-11-19-12-8-13-5-1-2-7-15(13)19/h1-2,5,7,14,17H,3-4,6,8-12H2,(H,18,20)/t14-/m0/s1. The highest BCUT2D eigenvalue weighted by atomic mass is 16.2. The van der Waals surface area contributed by atoms with E-state index in [1.807, 2.05) is 0 Å². The van der Waals surface area contributed by atoms with Crippen molar-refractivity contribution < 1.29 is 4.79 Å². The van der Waals surface area contributed by atoms with Crippen LogP contribution in [0.2, 0.25) is 0 Å². The molecule has 108 valence electrons. The molecule has 1 aromatic rings. The summed E-state index contributed by atoms with van der Waals surface area (Å²) < 4.78 is 0. The maximum Gasteiger partial charge on any atom is 0.237 e. The number of carbonyl (C=O) groups excluding carboxylic acids is 1. The molecule has 0 saturated carbocycles. The van der Waals surface area contributed by atoms with E-state index in [1.54, 1.807) is 0 Å². The molecular formula is C16H23N3O.